The Balaban J connectivity index is 0.00000400. The molecule has 1 aromatic heterocycles. The number of nitrogens with one attached hydrogen (secondary N) is 3. The lowest BCUT2D eigenvalue weighted by Gasteiger charge is -2.18. The number of hydrogen-bond donors (Lipinski definition) is 3. The van der Waals surface area contributed by atoms with Gasteiger partial charge in [0.1, 0.15) is 0 Å². The predicted molar refractivity (Wildman–Crippen MR) is 100 cm³/mol. The Morgan fingerprint density at radius 2 is 2.10 bits per heavy atom. The predicted octanol–water partition coefficient (Wildman–Crippen LogP) is 3.30. The molecule has 1 heterocycles. The quantitative estimate of drug-likeness (QED) is 0.352. The molecular weight excluding hydrogens is 377 g/mol. The summed E-state index contributed by atoms with van der Waals surface area (Å²) in [5.74, 6) is 1.66. The number of aliphatic imine (C=N–C) groups is 1. The number of aromatic amines is 1. The van der Waals surface area contributed by atoms with E-state index in [1.807, 2.05) is 6.07 Å². The van der Waals surface area contributed by atoms with E-state index in [0.717, 1.165) is 24.1 Å². The lowest BCUT2D eigenvalue weighted by Crippen LogP contribution is -2.42. The third kappa shape index (κ3) is 9.71. The average molecular weight is 407 g/mol. The zero-order chi connectivity index (χ0) is 14.8. The average Bonchev–Trinajstić information content (AvgIpc) is 2.89. The highest BCUT2D eigenvalue weighted by atomic mass is 127. The molecule has 0 aliphatic heterocycles. The molecule has 1 rings (SSSR count). The summed E-state index contributed by atoms with van der Waals surface area (Å²) >= 11 is 0. The Morgan fingerprint density at radius 1 is 1.33 bits per heavy atom. The first kappa shape index (κ1) is 20.2. The van der Waals surface area contributed by atoms with Crippen LogP contribution in [0.2, 0.25) is 0 Å². The van der Waals surface area contributed by atoms with Crippen molar-refractivity contribution >= 4 is 29.9 Å². The normalized spacial score (nSPS) is 12.9. The third-order valence-corrected chi connectivity index (χ3v) is 3.11. The van der Waals surface area contributed by atoms with E-state index in [4.69, 9.17) is 0 Å². The van der Waals surface area contributed by atoms with Crippen molar-refractivity contribution in [1.29, 1.82) is 0 Å². The van der Waals surface area contributed by atoms with Crippen molar-refractivity contribution in [2.75, 3.05) is 6.54 Å². The Morgan fingerprint density at radius 3 is 2.67 bits per heavy atom. The summed E-state index contributed by atoms with van der Waals surface area (Å²) in [6.07, 6.45) is 5.46. The first-order valence-electron chi connectivity index (χ1n) is 7.65. The molecule has 0 radical (unpaired) electrons. The Labute approximate surface area is 145 Å². The van der Waals surface area contributed by atoms with E-state index in [-0.39, 0.29) is 24.0 Å². The van der Waals surface area contributed by atoms with Crippen LogP contribution in [0.3, 0.4) is 0 Å². The van der Waals surface area contributed by atoms with Crippen molar-refractivity contribution in [2.45, 2.75) is 59.5 Å². The van der Waals surface area contributed by atoms with Gasteiger partial charge in [-0.2, -0.15) is 5.10 Å². The van der Waals surface area contributed by atoms with Gasteiger partial charge in [0.25, 0.3) is 0 Å². The van der Waals surface area contributed by atoms with Crippen LogP contribution in [-0.4, -0.2) is 28.7 Å². The maximum absolute atomic E-state index is 4.56. The fourth-order valence-electron chi connectivity index (χ4n) is 1.99. The molecule has 5 nitrogen and oxygen atoms in total. The molecule has 0 aliphatic carbocycles. The highest BCUT2D eigenvalue weighted by Gasteiger charge is 2.05. The highest BCUT2D eigenvalue weighted by Crippen LogP contribution is 2.08. The van der Waals surface area contributed by atoms with Crippen molar-refractivity contribution in [3.05, 3.63) is 18.0 Å². The van der Waals surface area contributed by atoms with E-state index in [9.17, 15) is 0 Å². The van der Waals surface area contributed by atoms with E-state index in [1.165, 1.54) is 19.3 Å². The second kappa shape index (κ2) is 11.8. The van der Waals surface area contributed by atoms with Gasteiger partial charge in [0.05, 0.1) is 12.2 Å². The maximum atomic E-state index is 4.56. The van der Waals surface area contributed by atoms with E-state index < -0.39 is 0 Å². The fourth-order valence-corrected chi connectivity index (χ4v) is 1.99. The van der Waals surface area contributed by atoms with E-state index >= 15 is 0 Å². The highest BCUT2D eigenvalue weighted by molar-refractivity contribution is 14.0. The lowest BCUT2D eigenvalue weighted by atomic mass is 10.0. The maximum Gasteiger partial charge on any atom is 0.191 e. The number of guanidine groups is 1. The van der Waals surface area contributed by atoms with E-state index in [0.29, 0.717) is 12.6 Å². The molecule has 21 heavy (non-hydrogen) atoms. The molecule has 6 heteroatoms. The van der Waals surface area contributed by atoms with Crippen molar-refractivity contribution < 1.29 is 0 Å². The summed E-state index contributed by atoms with van der Waals surface area (Å²) in [4.78, 5) is 4.56. The van der Waals surface area contributed by atoms with Gasteiger partial charge in [-0.3, -0.25) is 5.10 Å². The molecular formula is C15H30IN5. The van der Waals surface area contributed by atoms with Gasteiger partial charge in [0, 0.05) is 18.8 Å². The summed E-state index contributed by atoms with van der Waals surface area (Å²) in [5.41, 5.74) is 1.02. The van der Waals surface area contributed by atoms with Gasteiger partial charge in [-0.1, -0.05) is 26.7 Å². The van der Waals surface area contributed by atoms with Gasteiger partial charge in [-0.25, -0.2) is 4.99 Å². The van der Waals surface area contributed by atoms with E-state index in [1.54, 1.807) is 6.20 Å². The fraction of sp³-hybridized carbons (Fsp3) is 0.733. The lowest BCUT2D eigenvalue weighted by molar-refractivity contribution is 0.491. The minimum absolute atomic E-state index is 0. The van der Waals surface area contributed by atoms with Crippen molar-refractivity contribution in [2.24, 2.45) is 10.9 Å². The van der Waals surface area contributed by atoms with Crippen LogP contribution in [0.25, 0.3) is 0 Å². The zero-order valence-corrected chi connectivity index (χ0v) is 16.0. The van der Waals surface area contributed by atoms with Crippen LogP contribution in [0.5, 0.6) is 0 Å². The van der Waals surface area contributed by atoms with Gasteiger partial charge in [-0.05, 0) is 32.3 Å². The first-order valence-corrected chi connectivity index (χ1v) is 7.65. The standard InChI is InChI=1S/C15H29N5.HI/c1-5-16-15(17-11-14-9-10-18-20-14)19-13(4)8-6-7-12(2)3;/h9-10,12-13H,5-8,11H2,1-4H3,(H,18,20)(H2,16,17,19);1H. The molecule has 0 aromatic carbocycles. The van der Waals surface area contributed by atoms with Crippen LogP contribution in [-0.2, 0) is 6.54 Å². The summed E-state index contributed by atoms with van der Waals surface area (Å²) in [6, 6.07) is 2.38. The number of rotatable bonds is 8. The number of halogens is 1. The largest absolute Gasteiger partial charge is 0.357 e. The van der Waals surface area contributed by atoms with Gasteiger partial charge < -0.3 is 10.6 Å². The molecule has 0 fully saturated rings. The molecule has 1 unspecified atom stereocenters. The van der Waals surface area contributed by atoms with Gasteiger partial charge in [-0.15, -0.1) is 24.0 Å². The summed E-state index contributed by atoms with van der Waals surface area (Å²) < 4.78 is 0. The van der Waals surface area contributed by atoms with Gasteiger partial charge >= 0.3 is 0 Å². The summed E-state index contributed by atoms with van der Waals surface area (Å²) in [7, 11) is 0. The SMILES string of the molecule is CCNC(=NCc1ccn[nH]1)NC(C)CCCC(C)C.I. The van der Waals surface area contributed by atoms with Crippen LogP contribution >= 0.6 is 24.0 Å². The molecule has 0 aliphatic rings. The molecule has 0 saturated carbocycles. The summed E-state index contributed by atoms with van der Waals surface area (Å²) in [5, 5.41) is 13.6. The number of nitrogens with zero attached hydrogens (tertiary/aromatic N) is 2. The molecule has 1 atom stereocenters. The number of H-pyrrole nitrogens is 1. The third-order valence-electron chi connectivity index (χ3n) is 3.11. The monoisotopic (exact) mass is 407 g/mol. The van der Waals surface area contributed by atoms with Crippen LogP contribution in [0.15, 0.2) is 17.3 Å². The molecule has 0 spiro atoms. The smallest absolute Gasteiger partial charge is 0.191 e. The summed E-state index contributed by atoms with van der Waals surface area (Å²) in [6.45, 7) is 10.3. The first-order chi connectivity index (χ1) is 9.61. The Kier molecular flexibility index (Phi) is 11.4. The molecule has 0 amide bonds. The molecule has 0 saturated heterocycles. The van der Waals surface area contributed by atoms with Crippen LogP contribution in [0, 0.1) is 5.92 Å². The van der Waals surface area contributed by atoms with Crippen molar-refractivity contribution in [3.8, 4) is 0 Å². The molecule has 3 N–H and O–H groups in total. The van der Waals surface area contributed by atoms with Gasteiger partial charge in [0.2, 0.25) is 0 Å². The molecule has 122 valence electrons. The minimum atomic E-state index is 0. The Hall–Kier alpha value is -0.790. The van der Waals surface area contributed by atoms with Crippen LogP contribution in [0.1, 0.15) is 52.7 Å². The van der Waals surface area contributed by atoms with Crippen molar-refractivity contribution in [1.82, 2.24) is 20.8 Å². The second-order valence-electron chi connectivity index (χ2n) is 5.65. The van der Waals surface area contributed by atoms with E-state index in [2.05, 4.69) is 53.5 Å². The molecule has 0 bridgehead atoms. The zero-order valence-electron chi connectivity index (χ0n) is 13.6. The van der Waals surface area contributed by atoms with Crippen LogP contribution < -0.4 is 10.6 Å². The van der Waals surface area contributed by atoms with Gasteiger partial charge in [0.15, 0.2) is 5.96 Å². The van der Waals surface area contributed by atoms with Crippen molar-refractivity contribution in [3.63, 3.8) is 0 Å². The number of hydrogen-bond acceptors (Lipinski definition) is 2. The Bertz CT molecular complexity index is 375. The van der Waals surface area contributed by atoms with Crippen LogP contribution in [0.4, 0.5) is 0 Å². The minimum Gasteiger partial charge on any atom is -0.357 e. The topological polar surface area (TPSA) is 65.1 Å². The number of aromatic nitrogens is 2. The molecule has 1 aromatic rings. The second-order valence-corrected chi connectivity index (χ2v) is 5.65.